The number of primary amides is 1. The number of carboxylic acid groups (broad SMARTS) is 2. The lowest BCUT2D eigenvalue weighted by molar-refractivity contribution is -0.142. The highest BCUT2D eigenvalue weighted by atomic mass is 16.4. The number of hydrogen-bond donors (Lipinski definition) is 10. The van der Waals surface area contributed by atoms with Gasteiger partial charge in [0.1, 0.15) is 24.2 Å². The molecular weight excluding hydrogens is 600 g/mol. The molecule has 1 aromatic carbocycles. The Balaban J connectivity index is 3.20. The van der Waals surface area contributed by atoms with Crippen molar-refractivity contribution in [2.45, 2.75) is 69.2 Å². The van der Waals surface area contributed by atoms with Crippen molar-refractivity contribution in [1.29, 1.82) is 0 Å². The third kappa shape index (κ3) is 14.8. The molecule has 0 radical (unpaired) electrons. The summed E-state index contributed by atoms with van der Waals surface area (Å²) in [6.07, 6.45) is -2.20. The maximum atomic E-state index is 13.4. The summed E-state index contributed by atoms with van der Waals surface area (Å²) in [5.74, 6) is -8.62. The lowest BCUT2D eigenvalue weighted by atomic mass is 10.0. The molecule has 0 heterocycles. The molecule has 0 aromatic heterocycles. The summed E-state index contributed by atoms with van der Waals surface area (Å²) >= 11 is 0. The van der Waals surface area contributed by atoms with Gasteiger partial charge in [0.15, 0.2) is 0 Å². The summed E-state index contributed by atoms with van der Waals surface area (Å²) in [4.78, 5) is 97.0. The summed E-state index contributed by atoms with van der Waals surface area (Å²) in [6.45, 7) is -0.591. The normalized spacial score (nSPS) is 13.9. The second-order valence-corrected chi connectivity index (χ2v) is 9.90. The number of aliphatic hydroxyl groups excluding tert-OH is 2. The van der Waals surface area contributed by atoms with Crippen molar-refractivity contribution in [3.05, 3.63) is 35.9 Å². The van der Waals surface area contributed by atoms with E-state index < -0.39 is 104 Å². The minimum Gasteiger partial charge on any atom is -0.481 e. The van der Waals surface area contributed by atoms with Crippen molar-refractivity contribution >= 4 is 47.4 Å². The third-order valence-corrected chi connectivity index (χ3v) is 6.12. The molecule has 1 rings (SSSR count). The van der Waals surface area contributed by atoms with E-state index >= 15 is 0 Å². The number of rotatable bonds is 20. The Morgan fingerprint density at radius 1 is 0.667 bits per heavy atom. The highest BCUT2D eigenvalue weighted by molar-refractivity contribution is 5.97. The molecule has 0 spiro atoms. The quantitative estimate of drug-likeness (QED) is 0.0651. The lowest BCUT2D eigenvalue weighted by Gasteiger charge is -2.26. The van der Waals surface area contributed by atoms with Crippen LogP contribution < -0.4 is 32.3 Å². The molecule has 18 heteroatoms. The fourth-order valence-corrected chi connectivity index (χ4v) is 3.91. The Morgan fingerprint density at radius 3 is 1.62 bits per heavy atom. The highest BCUT2D eigenvalue weighted by Gasteiger charge is 2.33. The number of nitrogens with two attached hydrogens (primary N) is 1. The Labute approximate surface area is 257 Å². The molecule has 0 saturated heterocycles. The first-order chi connectivity index (χ1) is 21.2. The van der Waals surface area contributed by atoms with E-state index in [0.717, 1.165) is 6.92 Å². The second kappa shape index (κ2) is 19.2. The van der Waals surface area contributed by atoms with Crippen LogP contribution in [0.4, 0.5) is 0 Å². The van der Waals surface area contributed by atoms with E-state index in [9.17, 15) is 53.7 Å². The number of benzene rings is 1. The molecule has 0 saturated carbocycles. The topological polar surface area (TPSA) is 304 Å². The summed E-state index contributed by atoms with van der Waals surface area (Å²) in [5.41, 5.74) is 5.60. The molecule has 0 unspecified atom stereocenters. The number of aliphatic hydroxyl groups is 2. The Kier molecular flexibility index (Phi) is 16.2. The van der Waals surface area contributed by atoms with Crippen molar-refractivity contribution in [2.75, 3.05) is 13.2 Å². The van der Waals surface area contributed by atoms with Gasteiger partial charge >= 0.3 is 11.9 Å². The van der Waals surface area contributed by atoms with Gasteiger partial charge in [0.05, 0.1) is 32.1 Å². The van der Waals surface area contributed by atoms with Crippen LogP contribution in [0, 0.1) is 0 Å². The van der Waals surface area contributed by atoms with Crippen molar-refractivity contribution in [1.82, 2.24) is 26.6 Å². The van der Waals surface area contributed by atoms with Crippen LogP contribution in [0.2, 0.25) is 0 Å². The van der Waals surface area contributed by atoms with Gasteiger partial charge in [-0.1, -0.05) is 30.3 Å². The number of carboxylic acids is 2. The van der Waals surface area contributed by atoms with Gasteiger partial charge in [0.25, 0.3) is 0 Å². The molecule has 6 amide bonds. The SMILES string of the molecule is CC(=O)N[C@@H](CC(=O)O)C(=O)N[C@@H](CO)C(=O)N[C@@H](Cc1ccccc1)C(=O)N[C@@H](CC(=O)O)C(=O)N[C@H](CO)CCC(N)=O. The third-order valence-electron chi connectivity index (χ3n) is 6.12. The van der Waals surface area contributed by atoms with Gasteiger partial charge < -0.3 is 52.7 Å². The number of carbonyl (C=O) groups is 8. The van der Waals surface area contributed by atoms with Crippen LogP contribution in [0.25, 0.3) is 0 Å². The molecule has 0 aliphatic carbocycles. The van der Waals surface area contributed by atoms with Gasteiger partial charge in [0.2, 0.25) is 35.4 Å². The fourth-order valence-electron chi connectivity index (χ4n) is 3.91. The maximum Gasteiger partial charge on any atom is 0.305 e. The number of nitrogens with one attached hydrogen (secondary N) is 5. The summed E-state index contributed by atoms with van der Waals surface area (Å²) in [5, 5.41) is 48.8. The number of carbonyl (C=O) groups excluding carboxylic acids is 6. The smallest absolute Gasteiger partial charge is 0.305 e. The van der Waals surface area contributed by atoms with E-state index in [-0.39, 0.29) is 19.3 Å². The van der Waals surface area contributed by atoms with Gasteiger partial charge in [-0.2, -0.15) is 0 Å². The molecule has 0 aliphatic heterocycles. The van der Waals surface area contributed by atoms with E-state index in [1.54, 1.807) is 30.3 Å². The van der Waals surface area contributed by atoms with Crippen LogP contribution >= 0.6 is 0 Å². The number of hydrogen-bond acceptors (Lipinski definition) is 10. The van der Waals surface area contributed by atoms with Crippen LogP contribution in [0.1, 0.15) is 38.2 Å². The lowest BCUT2D eigenvalue weighted by Crippen LogP contribution is -2.60. The van der Waals surface area contributed by atoms with Gasteiger partial charge in [-0.3, -0.25) is 38.4 Å². The van der Waals surface area contributed by atoms with Crippen LogP contribution in [0.5, 0.6) is 0 Å². The van der Waals surface area contributed by atoms with Crippen LogP contribution in [-0.4, -0.2) is 111 Å². The molecule has 5 atom stereocenters. The summed E-state index contributed by atoms with van der Waals surface area (Å²) < 4.78 is 0. The highest BCUT2D eigenvalue weighted by Crippen LogP contribution is 2.07. The van der Waals surface area contributed by atoms with E-state index in [1.807, 2.05) is 0 Å². The molecule has 0 fully saturated rings. The Hall–Kier alpha value is -5.10. The van der Waals surface area contributed by atoms with E-state index in [1.165, 1.54) is 0 Å². The standard InChI is InChI=1S/C27H38N6O12/c1-14(36)29-18(10-22(38)39)26(44)33-20(13-35)27(45)31-17(9-15-5-3-2-4-6-15)25(43)32-19(11-23(40)41)24(42)30-16(12-34)7-8-21(28)37/h2-6,16-20,34-35H,7-13H2,1H3,(H2,28,37)(H,29,36)(H,30,42)(H,31,45)(H,32,43)(H,33,44)(H,38,39)(H,40,41)/t16-,17-,18-,19-,20-/m0/s1. The van der Waals surface area contributed by atoms with Crippen LogP contribution in [0.3, 0.4) is 0 Å². The van der Waals surface area contributed by atoms with E-state index in [4.69, 9.17) is 10.8 Å². The zero-order valence-corrected chi connectivity index (χ0v) is 24.4. The van der Waals surface area contributed by atoms with Crippen LogP contribution in [0.15, 0.2) is 30.3 Å². The van der Waals surface area contributed by atoms with Crippen molar-refractivity contribution < 1.29 is 58.8 Å². The molecule has 45 heavy (non-hydrogen) atoms. The molecule has 18 nitrogen and oxygen atoms in total. The zero-order valence-electron chi connectivity index (χ0n) is 24.4. The fraction of sp³-hybridized carbons (Fsp3) is 0.481. The van der Waals surface area contributed by atoms with E-state index in [2.05, 4.69) is 26.6 Å². The van der Waals surface area contributed by atoms with Gasteiger partial charge in [-0.25, -0.2) is 0 Å². The van der Waals surface area contributed by atoms with Crippen molar-refractivity contribution in [2.24, 2.45) is 5.73 Å². The monoisotopic (exact) mass is 638 g/mol. The predicted molar refractivity (Wildman–Crippen MR) is 153 cm³/mol. The molecule has 1 aromatic rings. The van der Waals surface area contributed by atoms with E-state index in [0.29, 0.717) is 5.56 Å². The average molecular weight is 639 g/mol. The largest absolute Gasteiger partial charge is 0.481 e. The molecule has 248 valence electrons. The molecule has 11 N–H and O–H groups in total. The van der Waals surface area contributed by atoms with Crippen molar-refractivity contribution in [3.63, 3.8) is 0 Å². The Morgan fingerprint density at radius 2 is 1.13 bits per heavy atom. The first-order valence-electron chi connectivity index (χ1n) is 13.6. The summed E-state index contributed by atoms with van der Waals surface area (Å²) in [6, 6.07) is 0.661. The minimum atomic E-state index is -1.72. The minimum absolute atomic E-state index is 0.0679. The molecule has 0 aliphatic rings. The van der Waals surface area contributed by atoms with Crippen LogP contribution in [-0.2, 0) is 44.8 Å². The van der Waals surface area contributed by atoms with Gasteiger partial charge in [-0.05, 0) is 12.0 Å². The number of amides is 6. The predicted octanol–water partition coefficient (Wildman–Crippen LogP) is -4.13. The molecule has 0 bridgehead atoms. The molecular formula is C27H38N6O12. The maximum absolute atomic E-state index is 13.4. The van der Waals surface area contributed by atoms with Crippen molar-refractivity contribution in [3.8, 4) is 0 Å². The second-order valence-electron chi connectivity index (χ2n) is 9.90. The van der Waals surface area contributed by atoms with Gasteiger partial charge in [0, 0.05) is 19.8 Å². The average Bonchev–Trinajstić information content (AvgIpc) is 2.96. The zero-order chi connectivity index (χ0) is 34.1. The van der Waals surface area contributed by atoms with Gasteiger partial charge in [-0.15, -0.1) is 0 Å². The number of aliphatic carboxylic acids is 2. The first-order valence-corrected chi connectivity index (χ1v) is 13.6. The first kappa shape index (κ1) is 37.9. The summed E-state index contributed by atoms with van der Waals surface area (Å²) in [7, 11) is 0. The Bertz CT molecular complexity index is 1210.